The van der Waals surface area contributed by atoms with Crippen molar-refractivity contribution in [3.63, 3.8) is 0 Å². The van der Waals surface area contributed by atoms with Crippen molar-refractivity contribution in [2.24, 2.45) is 0 Å². The quantitative estimate of drug-likeness (QED) is 0.148. The normalized spacial score (nSPS) is 13.2. The van der Waals surface area contributed by atoms with Gasteiger partial charge in [-0.15, -0.1) is 0 Å². The summed E-state index contributed by atoms with van der Waals surface area (Å²) in [7, 11) is 0. The molecule has 0 saturated heterocycles. The molecule has 0 spiro atoms. The van der Waals surface area contributed by atoms with Gasteiger partial charge in [0.2, 0.25) is 0 Å². The first-order valence-corrected chi connectivity index (χ1v) is 26.0. The summed E-state index contributed by atoms with van der Waals surface area (Å²) in [4.78, 5) is 7.21. The van der Waals surface area contributed by atoms with Crippen LogP contribution in [0.2, 0.25) is 0 Å². The number of hydrogen-bond acceptors (Lipinski definition) is 6. The molecule has 16 rings (SSSR count). The van der Waals surface area contributed by atoms with E-state index in [0.29, 0.717) is 5.75 Å². The van der Waals surface area contributed by atoms with Gasteiger partial charge in [-0.3, -0.25) is 0 Å². The van der Waals surface area contributed by atoms with E-state index in [1.54, 1.807) is 0 Å². The molecule has 0 saturated carbocycles. The summed E-state index contributed by atoms with van der Waals surface area (Å²) in [5.41, 5.74) is 16.6. The number of rotatable bonds is 7. The third kappa shape index (κ3) is 6.63. The highest BCUT2D eigenvalue weighted by atomic mass is 16.5. The molecule has 0 N–H and O–H groups in total. The minimum Gasteiger partial charge on any atom is -0.458 e. The van der Waals surface area contributed by atoms with Crippen molar-refractivity contribution >= 4 is 119 Å². The molecular formula is C68H43B2N3O3. The van der Waals surface area contributed by atoms with Gasteiger partial charge >= 0.3 is 0 Å². The van der Waals surface area contributed by atoms with Crippen LogP contribution in [-0.4, -0.2) is 13.4 Å². The van der Waals surface area contributed by atoms with Crippen LogP contribution in [0.15, 0.2) is 261 Å². The molecule has 12 aromatic carbocycles. The molecular weight excluding hydrogens is 928 g/mol. The Balaban J connectivity index is 0.936. The van der Waals surface area contributed by atoms with Crippen LogP contribution in [-0.2, 0) is 0 Å². The van der Waals surface area contributed by atoms with Crippen LogP contribution in [0.25, 0.3) is 21.5 Å². The lowest BCUT2D eigenvalue weighted by atomic mass is 9.30. The Labute approximate surface area is 441 Å². The zero-order chi connectivity index (χ0) is 49.8. The average molecular weight is 972 g/mol. The van der Waals surface area contributed by atoms with Crippen LogP contribution in [0, 0.1) is 0 Å². The minimum atomic E-state index is -0.159. The maximum atomic E-state index is 7.43. The van der Waals surface area contributed by atoms with Crippen molar-refractivity contribution in [2.45, 2.75) is 0 Å². The molecule has 0 atom stereocenters. The molecule has 0 amide bonds. The Hall–Kier alpha value is -9.91. The largest absolute Gasteiger partial charge is 0.458 e. The van der Waals surface area contributed by atoms with Crippen LogP contribution in [0.5, 0.6) is 34.5 Å². The second kappa shape index (κ2) is 16.8. The van der Waals surface area contributed by atoms with Crippen molar-refractivity contribution in [1.29, 1.82) is 0 Å². The zero-order valence-electron chi connectivity index (χ0n) is 41.0. The lowest BCUT2D eigenvalue weighted by molar-refractivity contribution is 0.463. The number of hydrogen-bond donors (Lipinski definition) is 0. The third-order valence-corrected chi connectivity index (χ3v) is 15.7. The summed E-state index contributed by atoms with van der Waals surface area (Å²) in [6.07, 6.45) is 0. The molecule has 76 heavy (non-hydrogen) atoms. The van der Waals surface area contributed by atoms with Gasteiger partial charge in [-0.2, -0.15) is 0 Å². The SMILES string of the molecule is c1ccc(N2c3ccccc3B3c4cc5c(cc4Oc4cc(Oc6ccc7ccccc7c6)cc2c43)N(c2ccccc2)c2cc(Oc3ccc4ccccc4c3)cc3c2B5c2ccccc2N3c2ccccc2)cc1. The van der Waals surface area contributed by atoms with Gasteiger partial charge in [0.15, 0.2) is 0 Å². The van der Waals surface area contributed by atoms with Gasteiger partial charge in [0.25, 0.3) is 13.4 Å². The summed E-state index contributed by atoms with van der Waals surface area (Å²) in [5.74, 6) is 4.53. The predicted molar refractivity (Wildman–Crippen MR) is 314 cm³/mol. The Bertz CT molecular complexity index is 4330. The van der Waals surface area contributed by atoms with Crippen molar-refractivity contribution < 1.29 is 14.2 Å². The maximum Gasteiger partial charge on any atom is 0.256 e. The first kappa shape index (κ1) is 42.6. The lowest BCUT2D eigenvalue weighted by Crippen LogP contribution is -2.64. The second-order valence-corrected chi connectivity index (χ2v) is 20.0. The minimum absolute atomic E-state index is 0.144. The van der Waals surface area contributed by atoms with Crippen molar-refractivity contribution in [1.82, 2.24) is 0 Å². The van der Waals surface area contributed by atoms with Crippen molar-refractivity contribution in [3.8, 4) is 34.5 Å². The fourth-order valence-corrected chi connectivity index (χ4v) is 12.5. The highest BCUT2D eigenvalue weighted by molar-refractivity contribution is 7.02. The van der Waals surface area contributed by atoms with E-state index in [0.717, 1.165) is 107 Å². The number of nitrogens with zero attached hydrogens (tertiary/aromatic N) is 3. The molecule has 8 heteroatoms. The first-order valence-electron chi connectivity index (χ1n) is 26.0. The molecule has 0 aliphatic carbocycles. The Morgan fingerprint density at radius 1 is 0.263 bits per heavy atom. The van der Waals surface area contributed by atoms with Crippen molar-refractivity contribution in [3.05, 3.63) is 261 Å². The smallest absolute Gasteiger partial charge is 0.256 e. The average Bonchev–Trinajstić information content (AvgIpc) is 3.66. The van der Waals surface area contributed by atoms with Gasteiger partial charge in [-0.1, -0.05) is 158 Å². The maximum absolute atomic E-state index is 7.43. The van der Waals surface area contributed by atoms with Crippen molar-refractivity contribution in [2.75, 3.05) is 14.7 Å². The fourth-order valence-electron chi connectivity index (χ4n) is 12.5. The Kier molecular flexibility index (Phi) is 9.42. The molecule has 4 heterocycles. The molecule has 0 bridgehead atoms. The zero-order valence-corrected chi connectivity index (χ0v) is 41.0. The van der Waals surface area contributed by atoms with E-state index < -0.39 is 0 Å². The Morgan fingerprint density at radius 2 is 0.684 bits per heavy atom. The number of fused-ring (bicyclic) bond motifs is 10. The summed E-state index contributed by atoms with van der Waals surface area (Å²) in [6.45, 7) is -0.303. The van der Waals surface area contributed by atoms with E-state index in [-0.39, 0.29) is 13.4 Å². The Morgan fingerprint density at radius 3 is 1.21 bits per heavy atom. The van der Waals surface area contributed by atoms with Gasteiger partial charge in [-0.25, -0.2) is 0 Å². The van der Waals surface area contributed by atoms with Crippen LogP contribution in [0.3, 0.4) is 0 Å². The fraction of sp³-hybridized carbons (Fsp3) is 0. The van der Waals surface area contributed by atoms with Gasteiger partial charge in [0, 0.05) is 81.5 Å². The number of anilines is 9. The standard InChI is InChI=1S/C68H43B2N3O3/c1-4-22-48(23-5-1)71-59-30-16-14-28-55(59)69-57-42-58-65(43-61(57)73(50-26-8-3-9-27-50)63-39-53(38-62(71)67(63)69)74-51-34-32-44-18-10-12-20-46(44)36-51)76-66-41-54(75-52-35-33-45-19-11-13-21-47(45)37-52)40-64-68(66)70(58)56-29-15-17-31-60(56)72(64)49-24-6-2-7-25-49/h1-43H. The van der Waals surface area contributed by atoms with Gasteiger partial charge in [0.05, 0.1) is 0 Å². The molecule has 0 aromatic heterocycles. The molecule has 0 fully saturated rings. The van der Waals surface area contributed by atoms with Crippen LogP contribution in [0.4, 0.5) is 51.2 Å². The van der Waals surface area contributed by atoms with Crippen LogP contribution >= 0.6 is 0 Å². The summed E-state index contributed by atoms with van der Waals surface area (Å²) >= 11 is 0. The molecule has 354 valence electrons. The number of para-hydroxylation sites is 5. The summed E-state index contributed by atoms with van der Waals surface area (Å²) < 4.78 is 21.3. The van der Waals surface area contributed by atoms with E-state index >= 15 is 0 Å². The van der Waals surface area contributed by atoms with Crippen LogP contribution < -0.4 is 61.7 Å². The van der Waals surface area contributed by atoms with E-state index in [1.165, 1.54) is 27.2 Å². The highest BCUT2D eigenvalue weighted by Gasteiger charge is 2.48. The van der Waals surface area contributed by atoms with E-state index in [1.807, 2.05) is 6.07 Å². The molecule has 4 aliphatic rings. The lowest BCUT2D eigenvalue weighted by Gasteiger charge is -2.45. The van der Waals surface area contributed by atoms with Gasteiger partial charge in [0.1, 0.15) is 34.5 Å². The first-order chi connectivity index (χ1) is 37.7. The summed E-state index contributed by atoms with van der Waals surface area (Å²) in [5, 5.41) is 4.57. The highest BCUT2D eigenvalue weighted by Crippen LogP contribution is 2.49. The molecule has 12 aromatic rings. The molecule has 4 aliphatic heterocycles. The number of benzene rings is 12. The van der Waals surface area contributed by atoms with Gasteiger partial charge < -0.3 is 28.9 Å². The monoisotopic (exact) mass is 971 g/mol. The predicted octanol–water partition coefficient (Wildman–Crippen LogP) is 14.1. The van der Waals surface area contributed by atoms with Crippen LogP contribution in [0.1, 0.15) is 0 Å². The summed E-state index contributed by atoms with van der Waals surface area (Å²) in [6, 6.07) is 92.8. The second-order valence-electron chi connectivity index (χ2n) is 20.0. The molecule has 0 unspecified atom stereocenters. The van der Waals surface area contributed by atoms with E-state index in [9.17, 15) is 0 Å². The topological polar surface area (TPSA) is 37.4 Å². The third-order valence-electron chi connectivity index (χ3n) is 15.7. The number of ether oxygens (including phenoxy) is 3. The van der Waals surface area contributed by atoms with E-state index in [2.05, 4.69) is 269 Å². The van der Waals surface area contributed by atoms with E-state index in [4.69, 9.17) is 14.2 Å². The molecule has 0 radical (unpaired) electrons. The van der Waals surface area contributed by atoms with Gasteiger partial charge in [-0.05, 0) is 127 Å². The molecule has 6 nitrogen and oxygen atoms in total.